The van der Waals surface area contributed by atoms with Crippen molar-refractivity contribution in [1.82, 2.24) is 29.3 Å². The molecule has 2 saturated carbocycles. The molecule has 4 aliphatic rings. The number of likely N-dealkylation sites (tertiary alicyclic amines) is 1. The summed E-state index contributed by atoms with van der Waals surface area (Å²) in [5.41, 5.74) is 6.17. The van der Waals surface area contributed by atoms with Crippen LogP contribution >= 0.6 is 0 Å². The molecule has 9 nitrogen and oxygen atoms in total. The minimum Gasteiger partial charge on any atom is -0.348 e. The molecule has 5 atom stereocenters. The highest BCUT2D eigenvalue weighted by molar-refractivity contribution is 5.98. The molecule has 254 valence electrons. The molecule has 8 rings (SSSR count). The van der Waals surface area contributed by atoms with Crippen LogP contribution in [-0.2, 0) is 11.3 Å². The summed E-state index contributed by atoms with van der Waals surface area (Å²) < 4.78 is 66.1. The Hall–Kier alpha value is -4.00. The molecular weight excluding hydrogens is 626 g/mol. The topological polar surface area (TPSA) is 111 Å². The SMILES string of the molecule is C[C@@H]1[C@H](N)CCCN1C(=O)c1cc(F)c2c(c1)nc(-c1cc3ccc4nc3n1CC(F)(F)CCC[C@]1(F)C[C@H]1C(=O)N[C@@H]4C)n2C1CC1. The fourth-order valence-corrected chi connectivity index (χ4v) is 7.75. The normalized spacial score (nSPS) is 29.1. The van der Waals surface area contributed by atoms with Crippen LogP contribution in [0.4, 0.5) is 17.6 Å². The summed E-state index contributed by atoms with van der Waals surface area (Å²) in [6, 6.07) is 6.98. The van der Waals surface area contributed by atoms with E-state index in [1.807, 2.05) is 6.92 Å². The fraction of sp³-hybridized carbons (Fsp3) is 0.543. The van der Waals surface area contributed by atoms with E-state index >= 15 is 17.6 Å². The van der Waals surface area contributed by atoms with Crippen molar-refractivity contribution in [3.63, 3.8) is 0 Å². The van der Waals surface area contributed by atoms with Crippen molar-refractivity contribution < 1.29 is 27.2 Å². The number of fused-ring (bicyclic) bond motifs is 3. The van der Waals surface area contributed by atoms with E-state index in [-0.39, 0.29) is 65.5 Å². The summed E-state index contributed by atoms with van der Waals surface area (Å²) in [6.45, 7) is 3.41. The molecule has 0 spiro atoms. The maximum absolute atomic E-state index is 16.1. The van der Waals surface area contributed by atoms with Crippen LogP contribution in [0.1, 0.15) is 93.3 Å². The van der Waals surface area contributed by atoms with E-state index in [1.165, 1.54) is 10.6 Å². The van der Waals surface area contributed by atoms with Crippen molar-refractivity contribution in [2.45, 2.75) is 108 Å². The zero-order chi connectivity index (χ0) is 33.7. The first-order valence-electron chi connectivity index (χ1n) is 17.0. The molecule has 4 aromatic rings. The summed E-state index contributed by atoms with van der Waals surface area (Å²) in [6.07, 6.45) is 2.36. The van der Waals surface area contributed by atoms with Crippen LogP contribution in [0.25, 0.3) is 33.6 Å². The first kappa shape index (κ1) is 31.3. The molecule has 3 fully saturated rings. The zero-order valence-electron chi connectivity index (χ0n) is 27.0. The first-order chi connectivity index (χ1) is 22.8. The zero-order valence-corrected chi connectivity index (χ0v) is 27.0. The number of amides is 2. The van der Waals surface area contributed by atoms with E-state index in [0.29, 0.717) is 29.1 Å². The Labute approximate surface area is 274 Å². The Morgan fingerprint density at radius 2 is 1.83 bits per heavy atom. The number of carbonyl (C=O) groups is 2. The fourth-order valence-electron chi connectivity index (χ4n) is 7.75. The van der Waals surface area contributed by atoms with Crippen molar-refractivity contribution in [1.29, 1.82) is 0 Å². The standard InChI is InChI=1S/C35H39F4N7O2/c1-18-26-9-6-20-15-28(45(30(20)42-26)17-35(38,39)11-4-10-34(37)16-23(34)32(47)41-18)31-43-27-14-21(13-24(36)29(27)46(31)22-7-8-22)33(48)44-12-3-5-25(40)19(44)2/h6,9,13-15,18-19,22-23,25H,3-5,7-8,10-12,16-17,40H2,1-2H3,(H,41,47)/t18-,19-,23+,25-,34+/m1/s1. The number of halogens is 4. The molecule has 0 unspecified atom stereocenters. The van der Waals surface area contributed by atoms with Crippen LogP contribution in [0.2, 0.25) is 0 Å². The first-order valence-corrected chi connectivity index (χ1v) is 17.0. The number of hydrogen-bond acceptors (Lipinski definition) is 5. The lowest BCUT2D eigenvalue weighted by atomic mass is 9.97. The predicted octanol–water partition coefficient (Wildman–Crippen LogP) is 6.20. The second-order valence-electron chi connectivity index (χ2n) is 14.4. The number of nitrogens with one attached hydrogen (secondary N) is 1. The molecule has 48 heavy (non-hydrogen) atoms. The van der Waals surface area contributed by atoms with Gasteiger partial charge in [0.2, 0.25) is 5.91 Å². The number of aromatic nitrogens is 4. The number of imidazole rings is 1. The number of benzene rings is 1. The lowest BCUT2D eigenvalue weighted by molar-refractivity contribution is -0.124. The summed E-state index contributed by atoms with van der Waals surface area (Å²) in [5, 5.41) is 3.44. The predicted molar refractivity (Wildman–Crippen MR) is 172 cm³/mol. The van der Waals surface area contributed by atoms with Gasteiger partial charge in [-0.25, -0.2) is 27.5 Å². The third kappa shape index (κ3) is 5.25. The number of rotatable bonds is 3. The van der Waals surface area contributed by atoms with Gasteiger partial charge in [0.1, 0.15) is 22.6 Å². The van der Waals surface area contributed by atoms with Crippen molar-refractivity contribution in [3.05, 3.63) is 47.4 Å². The van der Waals surface area contributed by atoms with Crippen LogP contribution in [0, 0.1) is 11.7 Å². The molecule has 5 heterocycles. The lowest BCUT2D eigenvalue weighted by Gasteiger charge is -2.37. The molecule has 1 aromatic carbocycles. The lowest BCUT2D eigenvalue weighted by Crippen LogP contribution is -2.52. The van der Waals surface area contributed by atoms with Crippen molar-refractivity contribution >= 4 is 33.9 Å². The molecule has 2 aliphatic carbocycles. The average molecular weight is 666 g/mol. The minimum absolute atomic E-state index is 0.0274. The van der Waals surface area contributed by atoms with Crippen LogP contribution in [0.5, 0.6) is 0 Å². The van der Waals surface area contributed by atoms with E-state index in [2.05, 4.69) is 5.32 Å². The maximum atomic E-state index is 16.1. The van der Waals surface area contributed by atoms with Crippen molar-refractivity contribution in [2.24, 2.45) is 11.7 Å². The molecule has 3 N–H and O–H groups in total. The number of carbonyl (C=O) groups excluding carboxylic acids is 2. The van der Waals surface area contributed by atoms with Crippen LogP contribution in [-0.4, -0.2) is 66.0 Å². The third-order valence-electron chi connectivity index (χ3n) is 10.9. The van der Waals surface area contributed by atoms with Gasteiger partial charge in [0.15, 0.2) is 5.82 Å². The molecule has 1 saturated heterocycles. The summed E-state index contributed by atoms with van der Waals surface area (Å²) in [4.78, 5) is 37.7. The van der Waals surface area contributed by atoms with Gasteiger partial charge < -0.3 is 25.1 Å². The molecule has 2 aliphatic heterocycles. The van der Waals surface area contributed by atoms with Gasteiger partial charge in [0, 0.05) is 42.0 Å². The Bertz CT molecular complexity index is 1970. The Morgan fingerprint density at radius 1 is 1.04 bits per heavy atom. The second kappa shape index (κ2) is 11.0. The highest BCUT2D eigenvalue weighted by Crippen LogP contribution is 2.52. The maximum Gasteiger partial charge on any atom is 0.265 e. The molecule has 3 aromatic heterocycles. The highest BCUT2D eigenvalue weighted by Gasteiger charge is 2.59. The van der Waals surface area contributed by atoms with Crippen LogP contribution in [0.3, 0.4) is 0 Å². The Balaban J connectivity index is 1.26. The summed E-state index contributed by atoms with van der Waals surface area (Å²) in [7, 11) is 0. The third-order valence-corrected chi connectivity index (χ3v) is 10.9. The molecule has 13 heteroatoms. The molecule has 0 radical (unpaired) electrons. The number of pyridine rings is 1. The van der Waals surface area contributed by atoms with E-state index in [4.69, 9.17) is 15.7 Å². The van der Waals surface area contributed by atoms with Gasteiger partial charge in [0.05, 0.1) is 35.4 Å². The van der Waals surface area contributed by atoms with Gasteiger partial charge in [-0.15, -0.1) is 0 Å². The van der Waals surface area contributed by atoms with Gasteiger partial charge in [-0.05, 0) is 89.1 Å². The van der Waals surface area contributed by atoms with Gasteiger partial charge in [0.25, 0.3) is 11.8 Å². The average Bonchev–Trinajstić information content (AvgIpc) is 3.93. The molecule has 2 bridgehead atoms. The second-order valence-corrected chi connectivity index (χ2v) is 14.4. The van der Waals surface area contributed by atoms with E-state index in [9.17, 15) is 9.59 Å². The van der Waals surface area contributed by atoms with Crippen LogP contribution < -0.4 is 11.1 Å². The smallest absolute Gasteiger partial charge is 0.265 e. The Kier molecular flexibility index (Phi) is 7.17. The quantitative estimate of drug-likeness (QED) is 0.253. The van der Waals surface area contributed by atoms with E-state index < -0.39 is 48.2 Å². The van der Waals surface area contributed by atoms with Gasteiger partial charge in [-0.3, -0.25) is 9.59 Å². The largest absolute Gasteiger partial charge is 0.348 e. The minimum atomic E-state index is -3.23. The molecular formula is C35H39F4N7O2. The van der Waals surface area contributed by atoms with Crippen LogP contribution in [0.15, 0.2) is 30.3 Å². The van der Waals surface area contributed by atoms with Gasteiger partial charge in [-0.2, -0.15) is 0 Å². The Morgan fingerprint density at radius 3 is 2.60 bits per heavy atom. The van der Waals surface area contributed by atoms with Crippen molar-refractivity contribution in [2.75, 3.05) is 6.54 Å². The number of piperidine rings is 1. The van der Waals surface area contributed by atoms with Gasteiger partial charge >= 0.3 is 0 Å². The summed E-state index contributed by atoms with van der Waals surface area (Å²) >= 11 is 0. The number of nitrogens with zero attached hydrogens (tertiary/aromatic N) is 5. The number of alkyl halides is 3. The number of nitrogens with two attached hydrogens (primary N) is 1. The molecule has 2 amide bonds. The van der Waals surface area contributed by atoms with Gasteiger partial charge in [-0.1, -0.05) is 0 Å². The number of hydrogen-bond donors (Lipinski definition) is 2. The monoisotopic (exact) mass is 665 g/mol. The van der Waals surface area contributed by atoms with E-state index in [1.54, 1.807) is 40.7 Å². The van der Waals surface area contributed by atoms with Crippen molar-refractivity contribution in [3.8, 4) is 11.5 Å². The highest BCUT2D eigenvalue weighted by atomic mass is 19.3. The summed E-state index contributed by atoms with van der Waals surface area (Å²) in [5.74, 6) is -5.14. The van der Waals surface area contributed by atoms with E-state index in [0.717, 1.165) is 25.7 Å².